The molecular formula is C12H11N7O. The lowest BCUT2D eigenvalue weighted by molar-refractivity contribution is -0.120. The number of aromatic nitrogens is 3. The molecule has 8 nitrogen and oxygen atoms in total. The molecule has 2 heterocycles. The Balaban J connectivity index is 1.78. The van der Waals surface area contributed by atoms with Gasteiger partial charge in [0.1, 0.15) is 0 Å². The summed E-state index contributed by atoms with van der Waals surface area (Å²) in [6.07, 6.45) is 1.48. The van der Waals surface area contributed by atoms with E-state index in [1.807, 2.05) is 30.3 Å². The minimum atomic E-state index is -0.683. The predicted octanol–water partition coefficient (Wildman–Crippen LogP) is 1.23. The quantitative estimate of drug-likeness (QED) is 0.848. The molecular weight excluding hydrogens is 258 g/mol. The van der Waals surface area contributed by atoms with Crippen LogP contribution in [0, 0.1) is 0 Å². The van der Waals surface area contributed by atoms with Gasteiger partial charge in [0.15, 0.2) is 6.04 Å². The molecule has 0 unspecified atom stereocenters. The Labute approximate surface area is 114 Å². The lowest BCUT2D eigenvalue weighted by atomic mass is 10.2. The highest BCUT2D eigenvalue weighted by Gasteiger charge is 2.26. The van der Waals surface area contributed by atoms with Crippen molar-refractivity contribution in [1.29, 1.82) is 0 Å². The van der Waals surface area contributed by atoms with Gasteiger partial charge in [-0.2, -0.15) is 15.3 Å². The number of hydrogen-bond donors (Lipinski definition) is 1. The monoisotopic (exact) mass is 269 g/mol. The molecule has 100 valence electrons. The van der Waals surface area contributed by atoms with E-state index in [0.29, 0.717) is 11.5 Å². The topological polar surface area (TPSA) is 96.9 Å². The van der Waals surface area contributed by atoms with Gasteiger partial charge >= 0.3 is 0 Å². The summed E-state index contributed by atoms with van der Waals surface area (Å²) in [5.74, 6) is 0.0445. The SMILES string of the molecule is CC1=NNC(=O)[C@@H]1N=Nc1cnn(-c2ccccc2)n1. The van der Waals surface area contributed by atoms with Crippen molar-refractivity contribution in [3.63, 3.8) is 0 Å². The van der Waals surface area contributed by atoms with Crippen molar-refractivity contribution >= 4 is 17.4 Å². The maximum absolute atomic E-state index is 11.4. The van der Waals surface area contributed by atoms with E-state index in [9.17, 15) is 4.79 Å². The average molecular weight is 269 g/mol. The lowest BCUT2D eigenvalue weighted by Gasteiger charge is -1.97. The number of nitrogens with one attached hydrogen (secondary N) is 1. The van der Waals surface area contributed by atoms with E-state index in [2.05, 4.69) is 31.0 Å². The molecule has 20 heavy (non-hydrogen) atoms. The van der Waals surface area contributed by atoms with Gasteiger partial charge in [-0.25, -0.2) is 5.43 Å². The minimum Gasteiger partial charge on any atom is -0.270 e. The number of rotatable bonds is 3. The summed E-state index contributed by atoms with van der Waals surface area (Å²) in [6, 6.07) is 8.76. The number of azo groups is 1. The molecule has 0 fully saturated rings. The first-order valence-corrected chi connectivity index (χ1v) is 5.97. The van der Waals surface area contributed by atoms with Gasteiger partial charge in [0.25, 0.3) is 5.91 Å². The normalized spacial score (nSPS) is 18.4. The molecule has 0 radical (unpaired) electrons. The molecule has 1 atom stereocenters. The first-order chi connectivity index (χ1) is 9.74. The number of hydrazone groups is 1. The second kappa shape index (κ2) is 5.00. The Morgan fingerprint density at radius 2 is 2.10 bits per heavy atom. The third kappa shape index (κ3) is 2.30. The highest BCUT2D eigenvalue weighted by Crippen LogP contribution is 2.12. The summed E-state index contributed by atoms with van der Waals surface area (Å²) in [5, 5.41) is 19.9. The smallest absolute Gasteiger partial charge is 0.270 e. The van der Waals surface area contributed by atoms with Crippen LogP contribution in [-0.4, -0.2) is 32.7 Å². The number of hydrogen-bond acceptors (Lipinski definition) is 6. The molecule has 0 bridgehead atoms. The molecule has 1 aliphatic heterocycles. The van der Waals surface area contributed by atoms with Gasteiger partial charge in [-0.15, -0.1) is 15.0 Å². The van der Waals surface area contributed by atoms with Crippen molar-refractivity contribution in [2.75, 3.05) is 0 Å². The molecule has 0 saturated heterocycles. The first kappa shape index (κ1) is 12.2. The molecule has 1 amide bonds. The van der Waals surface area contributed by atoms with Crippen LogP contribution >= 0.6 is 0 Å². The maximum atomic E-state index is 11.4. The Morgan fingerprint density at radius 1 is 1.30 bits per heavy atom. The predicted molar refractivity (Wildman–Crippen MR) is 70.9 cm³/mol. The number of carbonyl (C=O) groups excluding carboxylic acids is 1. The van der Waals surface area contributed by atoms with Crippen molar-refractivity contribution in [2.45, 2.75) is 13.0 Å². The second-order valence-electron chi connectivity index (χ2n) is 4.18. The van der Waals surface area contributed by atoms with Crippen LogP contribution in [-0.2, 0) is 4.79 Å². The second-order valence-corrected chi connectivity index (χ2v) is 4.18. The summed E-state index contributed by atoms with van der Waals surface area (Å²) in [4.78, 5) is 12.9. The van der Waals surface area contributed by atoms with Crippen LogP contribution in [0.25, 0.3) is 5.69 Å². The Bertz CT molecular complexity index is 689. The molecule has 1 aliphatic rings. The fraction of sp³-hybridized carbons (Fsp3) is 0.167. The maximum Gasteiger partial charge on any atom is 0.272 e. The Kier molecular flexibility index (Phi) is 3.04. The van der Waals surface area contributed by atoms with Crippen LogP contribution in [0.5, 0.6) is 0 Å². The summed E-state index contributed by atoms with van der Waals surface area (Å²) in [5.41, 5.74) is 3.74. The van der Waals surface area contributed by atoms with Gasteiger partial charge in [0.05, 0.1) is 17.6 Å². The summed E-state index contributed by atoms with van der Waals surface area (Å²) < 4.78 is 0. The van der Waals surface area contributed by atoms with E-state index in [1.165, 1.54) is 11.0 Å². The molecule has 1 N–H and O–H groups in total. The Morgan fingerprint density at radius 3 is 2.80 bits per heavy atom. The van der Waals surface area contributed by atoms with E-state index in [4.69, 9.17) is 0 Å². The average Bonchev–Trinajstić information content (AvgIpc) is 3.06. The third-order valence-electron chi connectivity index (χ3n) is 2.73. The van der Waals surface area contributed by atoms with Crippen LogP contribution in [0.15, 0.2) is 51.9 Å². The highest BCUT2D eigenvalue weighted by molar-refractivity contribution is 6.10. The van der Waals surface area contributed by atoms with Crippen LogP contribution < -0.4 is 5.43 Å². The van der Waals surface area contributed by atoms with Gasteiger partial charge in [0.2, 0.25) is 5.82 Å². The van der Waals surface area contributed by atoms with Crippen molar-refractivity contribution in [3.8, 4) is 5.69 Å². The largest absolute Gasteiger partial charge is 0.272 e. The number of nitrogens with zero attached hydrogens (tertiary/aromatic N) is 6. The van der Waals surface area contributed by atoms with E-state index in [0.717, 1.165) is 5.69 Å². The number of para-hydroxylation sites is 1. The van der Waals surface area contributed by atoms with E-state index < -0.39 is 6.04 Å². The number of carbonyl (C=O) groups is 1. The first-order valence-electron chi connectivity index (χ1n) is 5.97. The minimum absolute atomic E-state index is 0.290. The van der Waals surface area contributed by atoms with Crippen LogP contribution in [0.1, 0.15) is 6.92 Å². The zero-order chi connectivity index (χ0) is 13.9. The van der Waals surface area contributed by atoms with Gasteiger partial charge in [-0.3, -0.25) is 4.79 Å². The van der Waals surface area contributed by atoms with E-state index in [1.54, 1.807) is 6.92 Å². The number of benzene rings is 1. The van der Waals surface area contributed by atoms with Crippen molar-refractivity contribution < 1.29 is 4.79 Å². The molecule has 3 rings (SSSR count). The van der Waals surface area contributed by atoms with E-state index >= 15 is 0 Å². The summed E-state index contributed by atoms with van der Waals surface area (Å²) in [6.45, 7) is 1.71. The van der Waals surface area contributed by atoms with Crippen LogP contribution in [0.2, 0.25) is 0 Å². The fourth-order valence-electron chi connectivity index (χ4n) is 1.69. The fourth-order valence-corrected chi connectivity index (χ4v) is 1.69. The Hall–Kier alpha value is -2.90. The van der Waals surface area contributed by atoms with Gasteiger partial charge in [-0.05, 0) is 19.1 Å². The number of amides is 1. The highest BCUT2D eigenvalue weighted by atomic mass is 16.2. The lowest BCUT2D eigenvalue weighted by Crippen LogP contribution is -2.25. The van der Waals surface area contributed by atoms with Crippen LogP contribution in [0.3, 0.4) is 0 Å². The zero-order valence-electron chi connectivity index (χ0n) is 10.6. The molecule has 1 aromatic carbocycles. The van der Waals surface area contributed by atoms with Crippen molar-refractivity contribution in [2.24, 2.45) is 15.3 Å². The van der Waals surface area contributed by atoms with E-state index in [-0.39, 0.29) is 5.91 Å². The van der Waals surface area contributed by atoms with Crippen molar-refractivity contribution in [1.82, 2.24) is 20.4 Å². The third-order valence-corrected chi connectivity index (χ3v) is 2.73. The molecule has 1 aromatic heterocycles. The molecule has 2 aromatic rings. The van der Waals surface area contributed by atoms with Gasteiger partial charge < -0.3 is 0 Å². The molecule has 0 saturated carbocycles. The van der Waals surface area contributed by atoms with Crippen LogP contribution in [0.4, 0.5) is 5.82 Å². The molecule has 8 heteroatoms. The molecule has 0 spiro atoms. The van der Waals surface area contributed by atoms with Gasteiger partial charge in [0, 0.05) is 0 Å². The zero-order valence-corrected chi connectivity index (χ0v) is 10.6. The van der Waals surface area contributed by atoms with Gasteiger partial charge in [-0.1, -0.05) is 18.2 Å². The molecule has 0 aliphatic carbocycles. The van der Waals surface area contributed by atoms with Crippen molar-refractivity contribution in [3.05, 3.63) is 36.5 Å². The standard InChI is InChI=1S/C12H11N7O/c1-8-11(12(20)17-14-8)16-15-10-7-13-19(18-10)9-5-3-2-4-6-9/h2-7,11H,1H3,(H,17,20)/t11-/m1/s1. The summed E-state index contributed by atoms with van der Waals surface area (Å²) in [7, 11) is 0. The summed E-state index contributed by atoms with van der Waals surface area (Å²) >= 11 is 0.